The van der Waals surface area contributed by atoms with E-state index in [1.165, 1.54) is 0 Å². The summed E-state index contributed by atoms with van der Waals surface area (Å²) in [6.45, 7) is 5.32. The Bertz CT molecular complexity index is 764. The van der Waals surface area contributed by atoms with Gasteiger partial charge in [0.2, 0.25) is 0 Å². The maximum Gasteiger partial charge on any atom is 0.194 e. The average Bonchev–Trinajstić information content (AvgIpc) is 2.91. The van der Waals surface area contributed by atoms with Crippen LogP contribution in [0.25, 0.3) is 11.1 Å². The number of carbonyl (C=O) groups is 1. The lowest BCUT2D eigenvalue weighted by atomic mass is 10.0. The van der Waals surface area contributed by atoms with Gasteiger partial charge < -0.3 is 14.2 Å². The Morgan fingerprint density at radius 2 is 1.58 bits per heavy atom. The molecule has 0 amide bonds. The van der Waals surface area contributed by atoms with E-state index in [9.17, 15) is 4.79 Å². The molecule has 2 aromatic carbocycles. The highest BCUT2D eigenvalue weighted by molar-refractivity contribution is 6.23. The molecule has 0 aliphatic heterocycles. The summed E-state index contributed by atoms with van der Waals surface area (Å²) in [7, 11) is 1.61. The first-order valence-electron chi connectivity index (χ1n) is 8.37. The van der Waals surface area contributed by atoms with E-state index in [1.807, 2.05) is 31.2 Å². The Hall–Kier alpha value is -2.49. The molecule has 126 valence electrons. The molecule has 24 heavy (non-hydrogen) atoms. The van der Waals surface area contributed by atoms with Crippen molar-refractivity contribution >= 4 is 5.78 Å². The number of methoxy groups -OCH3 is 1. The molecule has 1 aliphatic rings. The molecule has 2 aromatic rings. The van der Waals surface area contributed by atoms with Gasteiger partial charge in [-0.3, -0.25) is 4.79 Å². The van der Waals surface area contributed by atoms with Crippen LogP contribution in [0.4, 0.5) is 0 Å². The Labute approximate surface area is 142 Å². The molecule has 0 unspecified atom stereocenters. The van der Waals surface area contributed by atoms with Crippen molar-refractivity contribution < 1.29 is 19.0 Å². The van der Waals surface area contributed by atoms with E-state index in [2.05, 4.69) is 6.92 Å². The van der Waals surface area contributed by atoms with Crippen LogP contribution in [0.1, 0.15) is 42.6 Å². The molecule has 0 spiro atoms. The zero-order valence-corrected chi connectivity index (χ0v) is 14.3. The maximum absolute atomic E-state index is 12.8. The summed E-state index contributed by atoms with van der Waals surface area (Å²) >= 11 is 0. The average molecular weight is 326 g/mol. The molecule has 4 nitrogen and oxygen atoms in total. The monoisotopic (exact) mass is 326 g/mol. The van der Waals surface area contributed by atoms with Crippen LogP contribution >= 0.6 is 0 Å². The third-order valence-corrected chi connectivity index (χ3v) is 4.00. The highest BCUT2D eigenvalue weighted by atomic mass is 16.5. The molecule has 0 saturated heterocycles. The fraction of sp³-hybridized carbons (Fsp3) is 0.350. The van der Waals surface area contributed by atoms with E-state index in [-0.39, 0.29) is 5.78 Å². The second-order valence-electron chi connectivity index (χ2n) is 5.75. The molecule has 0 N–H and O–H groups in total. The van der Waals surface area contributed by atoms with Gasteiger partial charge in [0.15, 0.2) is 5.78 Å². The number of fused-ring (bicyclic) bond motifs is 3. The molecule has 0 fully saturated rings. The lowest BCUT2D eigenvalue weighted by Gasteiger charge is -2.14. The van der Waals surface area contributed by atoms with E-state index in [0.717, 1.165) is 29.7 Å². The van der Waals surface area contributed by atoms with Gasteiger partial charge in [-0.1, -0.05) is 26.0 Å². The summed E-state index contributed by atoms with van der Waals surface area (Å²) in [4.78, 5) is 12.8. The zero-order valence-electron chi connectivity index (χ0n) is 14.3. The molecule has 1 aliphatic carbocycles. The summed E-state index contributed by atoms with van der Waals surface area (Å²) in [5, 5.41) is 0. The Morgan fingerprint density at radius 3 is 2.29 bits per heavy atom. The van der Waals surface area contributed by atoms with Gasteiger partial charge >= 0.3 is 0 Å². The van der Waals surface area contributed by atoms with Crippen molar-refractivity contribution in [3.63, 3.8) is 0 Å². The van der Waals surface area contributed by atoms with Crippen molar-refractivity contribution in [2.75, 3.05) is 20.3 Å². The van der Waals surface area contributed by atoms with Crippen molar-refractivity contribution in [3.05, 3.63) is 41.5 Å². The molecular formula is C20H22O4. The Balaban J connectivity index is 2.14. The highest BCUT2D eigenvalue weighted by Crippen LogP contribution is 2.48. The van der Waals surface area contributed by atoms with Gasteiger partial charge in [0, 0.05) is 28.3 Å². The van der Waals surface area contributed by atoms with Gasteiger partial charge in [-0.05, 0) is 25.0 Å². The molecule has 4 heteroatoms. The second-order valence-corrected chi connectivity index (χ2v) is 5.75. The minimum Gasteiger partial charge on any atom is -0.496 e. The van der Waals surface area contributed by atoms with Crippen LogP contribution in [0.5, 0.6) is 17.2 Å². The van der Waals surface area contributed by atoms with Crippen molar-refractivity contribution in [3.8, 4) is 28.4 Å². The summed E-state index contributed by atoms with van der Waals surface area (Å²) in [6, 6.07) is 9.24. The van der Waals surface area contributed by atoms with Crippen molar-refractivity contribution in [2.45, 2.75) is 26.7 Å². The molecule has 0 bridgehead atoms. The topological polar surface area (TPSA) is 44.8 Å². The highest BCUT2D eigenvalue weighted by Gasteiger charge is 2.33. The predicted octanol–water partition coefficient (Wildman–Crippen LogP) is 4.48. The SMILES string of the molecule is CCCOc1cc(OC)c2c(c1)C(=O)c1cccc(OCCC)c1-2. The number of hydrogen-bond acceptors (Lipinski definition) is 4. The van der Waals surface area contributed by atoms with Crippen molar-refractivity contribution in [1.29, 1.82) is 0 Å². The number of rotatable bonds is 7. The van der Waals surface area contributed by atoms with Crippen molar-refractivity contribution in [1.82, 2.24) is 0 Å². The molecule has 0 saturated carbocycles. The van der Waals surface area contributed by atoms with Gasteiger partial charge in [0.05, 0.1) is 20.3 Å². The number of ether oxygens (including phenoxy) is 3. The molecule has 0 atom stereocenters. The molecular weight excluding hydrogens is 304 g/mol. The minimum atomic E-state index is -0.0119. The summed E-state index contributed by atoms with van der Waals surface area (Å²) in [5.74, 6) is 2.01. The smallest absolute Gasteiger partial charge is 0.194 e. The van der Waals surface area contributed by atoms with Gasteiger partial charge in [0.25, 0.3) is 0 Å². The molecule has 0 radical (unpaired) electrons. The number of benzene rings is 2. The first-order valence-corrected chi connectivity index (χ1v) is 8.37. The van der Waals surface area contributed by atoms with E-state index in [4.69, 9.17) is 14.2 Å². The zero-order chi connectivity index (χ0) is 17.1. The molecule has 3 rings (SSSR count). The predicted molar refractivity (Wildman–Crippen MR) is 93.4 cm³/mol. The number of hydrogen-bond donors (Lipinski definition) is 0. The molecule has 0 heterocycles. The quantitative estimate of drug-likeness (QED) is 0.642. The fourth-order valence-corrected chi connectivity index (χ4v) is 2.95. The Morgan fingerprint density at radius 1 is 0.875 bits per heavy atom. The third kappa shape index (κ3) is 2.73. The lowest BCUT2D eigenvalue weighted by molar-refractivity contribution is 0.104. The van der Waals surface area contributed by atoms with Crippen LogP contribution in [0.3, 0.4) is 0 Å². The van der Waals surface area contributed by atoms with Crippen LogP contribution in [0.15, 0.2) is 30.3 Å². The van der Waals surface area contributed by atoms with E-state index in [1.54, 1.807) is 13.2 Å². The van der Waals surface area contributed by atoms with Gasteiger partial charge in [-0.2, -0.15) is 0 Å². The summed E-state index contributed by atoms with van der Waals surface area (Å²) in [5.41, 5.74) is 2.89. The first kappa shape index (κ1) is 16.4. The first-order chi connectivity index (χ1) is 11.7. The Kier molecular flexibility index (Phi) is 4.74. The largest absolute Gasteiger partial charge is 0.496 e. The lowest BCUT2D eigenvalue weighted by Crippen LogP contribution is -2.00. The van der Waals surface area contributed by atoms with Gasteiger partial charge in [0.1, 0.15) is 17.2 Å². The maximum atomic E-state index is 12.8. The fourth-order valence-electron chi connectivity index (χ4n) is 2.95. The normalized spacial score (nSPS) is 11.9. The van der Waals surface area contributed by atoms with E-state index >= 15 is 0 Å². The minimum absolute atomic E-state index is 0.0119. The van der Waals surface area contributed by atoms with E-state index in [0.29, 0.717) is 35.8 Å². The van der Waals surface area contributed by atoms with Gasteiger partial charge in [-0.25, -0.2) is 0 Å². The van der Waals surface area contributed by atoms with Crippen LogP contribution in [0.2, 0.25) is 0 Å². The van der Waals surface area contributed by atoms with Gasteiger partial charge in [-0.15, -0.1) is 0 Å². The van der Waals surface area contributed by atoms with Crippen molar-refractivity contribution in [2.24, 2.45) is 0 Å². The van der Waals surface area contributed by atoms with E-state index < -0.39 is 0 Å². The summed E-state index contributed by atoms with van der Waals surface area (Å²) < 4.78 is 17.1. The second kappa shape index (κ2) is 6.95. The standard InChI is InChI=1S/C20H22O4/c1-4-9-23-13-11-15-19(17(12-13)22-3)18-14(20(15)21)7-6-8-16(18)24-10-5-2/h6-8,11-12H,4-5,9-10H2,1-3H3. The summed E-state index contributed by atoms with van der Waals surface area (Å²) in [6.07, 6.45) is 1.81. The van der Waals surface area contributed by atoms with Crippen LogP contribution in [-0.2, 0) is 0 Å². The molecule has 0 aromatic heterocycles. The van der Waals surface area contributed by atoms with Crippen LogP contribution in [-0.4, -0.2) is 26.1 Å². The third-order valence-electron chi connectivity index (χ3n) is 4.00. The van der Waals surface area contributed by atoms with Crippen LogP contribution in [0, 0.1) is 0 Å². The number of carbonyl (C=O) groups excluding carboxylic acids is 1. The number of ketones is 1. The van der Waals surface area contributed by atoms with Crippen LogP contribution < -0.4 is 14.2 Å².